The van der Waals surface area contributed by atoms with Gasteiger partial charge >= 0.3 is 0 Å². The van der Waals surface area contributed by atoms with E-state index >= 15 is 0 Å². The van der Waals surface area contributed by atoms with Crippen molar-refractivity contribution in [1.29, 1.82) is 0 Å². The lowest BCUT2D eigenvalue weighted by atomic mass is 10.1. The first-order valence-electron chi connectivity index (χ1n) is 6.34. The second-order valence-electron chi connectivity index (χ2n) is 4.82. The Morgan fingerprint density at radius 2 is 1.89 bits per heavy atom. The molecule has 0 aliphatic heterocycles. The molecule has 0 saturated carbocycles. The van der Waals surface area contributed by atoms with E-state index < -0.39 is 0 Å². The van der Waals surface area contributed by atoms with Gasteiger partial charge in [-0.25, -0.2) is 4.98 Å². The average Bonchev–Trinajstić information content (AvgIpc) is 2.84. The van der Waals surface area contributed by atoms with Crippen LogP contribution in [-0.4, -0.2) is 4.98 Å². The number of fused-ring (bicyclic) bond motifs is 1. The van der Waals surface area contributed by atoms with Crippen LogP contribution in [0.25, 0.3) is 22.6 Å². The van der Waals surface area contributed by atoms with Gasteiger partial charge in [-0.2, -0.15) is 0 Å². The molecule has 0 unspecified atom stereocenters. The molecule has 1 heterocycles. The summed E-state index contributed by atoms with van der Waals surface area (Å²) < 4.78 is 5.80. The maximum Gasteiger partial charge on any atom is 0.227 e. The van der Waals surface area contributed by atoms with E-state index in [2.05, 4.69) is 31.0 Å². The standard InChI is InChI=1S/C16H16N2O/c1-10-3-5-13(7-11(10)2)16-18-14-8-12(9-17)4-6-15(14)19-16/h3-8H,9,17H2,1-2H3. The number of hydrogen-bond donors (Lipinski definition) is 1. The first-order chi connectivity index (χ1) is 9.17. The summed E-state index contributed by atoms with van der Waals surface area (Å²) in [5.41, 5.74) is 11.9. The Balaban J connectivity index is 2.11. The topological polar surface area (TPSA) is 52.0 Å². The normalized spacial score (nSPS) is 11.1. The molecule has 3 rings (SSSR count). The van der Waals surface area contributed by atoms with Gasteiger partial charge in [0.2, 0.25) is 5.89 Å². The van der Waals surface area contributed by atoms with E-state index in [0.717, 1.165) is 22.2 Å². The second-order valence-corrected chi connectivity index (χ2v) is 4.82. The lowest BCUT2D eigenvalue weighted by Crippen LogP contribution is -1.94. The van der Waals surface area contributed by atoms with Crippen molar-refractivity contribution < 1.29 is 4.42 Å². The molecule has 0 bridgehead atoms. The fourth-order valence-corrected chi connectivity index (χ4v) is 2.10. The number of oxazole rings is 1. The van der Waals surface area contributed by atoms with E-state index in [1.165, 1.54) is 11.1 Å². The van der Waals surface area contributed by atoms with E-state index in [1.807, 2.05) is 24.3 Å². The molecule has 3 heteroatoms. The molecule has 0 amide bonds. The van der Waals surface area contributed by atoms with Gasteiger partial charge in [-0.05, 0) is 54.8 Å². The summed E-state index contributed by atoms with van der Waals surface area (Å²) in [5, 5.41) is 0. The maximum atomic E-state index is 5.80. The zero-order valence-electron chi connectivity index (χ0n) is 11.1. The number of rotatable bonds is 2. The van der Waals surface area contributed by atoms with Crippen molar-refractivity contribution in [1.82, 2.24) is 4.98 Å². The lowest BCUT2D eigenvalue weighted by molar-refractivity contribution is 0.619. The fourth-order valence-electron chi connectivity index (χ4n) is 2.10. The third kappa shape index (κ3) is 2.13. The molecule has 0 aliphatic carbocycles. The highest BCUT2D eigenvalue weighted by molar-refractivity contribution is 5.77. The van der Waals surface area contributed by atoms with E-state index in [9.17, 15) is 0 Å². The van der Waals surface area contributed by atoms with Crippen molar-refractivity contribution in [2.75, 3.05) is 0 Å². The molecule has 19 heavy (non-hydrogen) atoms. The average molecular weight is 252 g/mol. The Morgan fingerprint density at radius 3 is 2.63 bits per heavy atom. The van der Waals surface area contributed by atoms with Crippen LogP contribution in [0.15, 0.2) is 40.8 Å². The molecule has 0 aliphatic rings. The van der Waals surface area contributed by atoms with Gasteiger partial charge in [-0.1, -0.05) is 12.1 Å². The summed E-state index contributed by atoms with van der Waals surface area (Å²) in [4.78, 5) is 4.54. The highest BCUT2D eigenvalue weighted by atomic mass is 16.3. The van der Waals surface area contributed by atoms with Gasteiger partial charge in [-0.3, -0.25) is 0 Å². The van der Waals surface area contributed by atoms with Crippen LogP contribution in [0.5, 0.6) is 0 Å². The Labute approximate surface area is 112 Å². The van der Waals surface area contributed by atoms with Crippen LogP contribution in [0.4, 0.5) is 0 Å². The molecule has 1 aromatic heterocycles. The van der Waals surface area contributed by atoms with Crippen LogP contribution in [-0.2, 0) is 6.54 Å². The molecule has 0 atom stereocenters. The summed E-state index contributed by atoms with van der Waals surface area (Å²) in [7, 11) is 0. The van der Waals surface area contributed by atoms with Crippen molar-refractivity contribution >= 4 is 11.1 Å². The zero-order valence-corrected chi connectivity index (χ0v) is 11.1. The smallest absolute Gasteiger partial charge is 0.227 e. The monoisotopic (exact) mass is 252 g/mol. The highest BCUT2D eigenvalue weighted by Gasteiger charge is 2.09. The SMILES string of the molecule is Cc1ccc(-c2nc3cc(CN)ccc3o2)cc1C. The summed E-state index contributed by atoms with van der Waals surface area (Å²) in [6.45, 7) is 4.70. The first-order valence-corrected chi connectivity index (χ1v) is 6.34. The van der Waals surface area contributed by atoms with E-state index in [0.29, 0.717) is 12.4 Å². The molecule has 2 N–H and O–H groups in total. The minimum Gasteiger partial charge on any atom is -0.436 e. The van der Waals surface area contributed by atoms with Crippen LogP contribution < -0.4 is 5.73 Å². The second kappa shape index (κ2) is 4.52. The van der Waals surface area contributed by atoms with Gasteiger partial charge < -0.3 is 10.2 Å². The summed E-state index contributed by atoms with van der Waals surface area (Å²) >= 11 is 0. The molecule has 0 saturated heterocycles. The predicted molar refractivity (Wildman–Crippen MR) is 76.8 cm³/mol. The maximum absolute atomic E-state index is 5.80. The Hall–Kier alpha value is -2.13. The molecule has 96 valence electrons. The highest BCUT2D eigenvalue weighted by Crippen LogP contribution is 2.26. The Kier molecular flexibility index (Phi) is 2.84. The van der Waals surface area contributed by atoms with E-state index in [-0.39, 0.29) is 0 Å². The summed E-state index contributed by atoms with van der Waals surface area (Å²) in [6.07, 6.45) is 0. The van der Waals surface area contributed by atoms with Gasteiger partial charge in [0.25, 0.3) is 0 Å². The van der Waals surface area contributed by atoms with E-state index in [1.54, 1.807) is 0 Å². The molecule has 0 radical (unpaired) electrons. The van der Waals surface area contributed by atoms with Crippen molar-refractivity contribution in [3.05, 3.63) is 53.1 Å². The van der Waals surface area contributed by atoms with E-state index in [4.69, 9.17) is 10.2 Å². The third-order valence-corrected chi connectivity index (χ3v) is 3.44. The number of hydrogen-bond acceptors (Lipinski definition) is 3. The Bertz CT molecular complexity index is 744. The number of nitrogens with zero attached hydrogens (tertiary/aromatic N) is 1. The van der Waals surface area contributed by atoms with Gasteiger partial charge in [0, 0.05) is 12.1 Å². The number of nitrogens with two attached hydrogens (primary N) is 1. The van der Waals surface area contributed by atoms with Crippen molar-refractivity contribution in [2.24, 2.45) is 5.73 Å². The molecule has 3 aromatic rings. The summed E-state index contributed by atoms with van der Waals surface area (Å²) in [6, 6.07) is 12.1. The number of benzene rings is 2. The van der Waals surface area contributed by atoms with Crippen LogP contribution in [0.3, 0.4) is 0 Å². The van der Waals surface area contributed by atoms with Gasteiger partial charge in [0.05, 0.1) is 0 Å². The fraction of sp³-hybridized carbons (Fsp3) is 0.188. The van der Waals surface area contributed by atoms with Gasteiger partial charge in [0.15, 0.2) is 5.58 Å². The molecule has 3 nitrogen and oxygen atoms in total. The van der Waals surface area contributed by atoms with Crippen molar-refractivity contribution in [3.63, 3.8) is 0 Å². The molecule has 2 aromatic carbocycles. The minimum atomic E-state index is 0.516. The van der Waals surface area contributed by atoms with Gasteiger partial charge in [0.1, 0.15) is 5.52 Å². The van der Waals surface area contributed by atoms with Crippen LogP contribution >= 0.6 is 0 Å². The molecular weight excluding hydrogens is 236 g/mol. The van der Waals surface area contributed by atoms with Crippen molar-refractivity contribution in [2.45, 2.75) is 20.4 Å². The van der Waals surface area contributed by atoms with Gasteiger partial charge in [-0.15, -0.1) is 0 Å². The quantitative estimate of drug-likeness (QED) is 0.758. The largest absolute Gasteiger partial charge is 0.436 e. The zero-order chi connectivity index (χ0) is 13.4. The Morgan fingerprint density at radius 1 is 1.05 bits per heavy atom. The van der Waals surface area contributed by atoms with Crippen LogP contribution in [0, 0.1) is 13.8 Å². The predicted octanol–water partition coefficient (Wildman–Crippen LogP) is 3.57. The van der Waals surface area contributed by atoms with Crippen LogP contribution in [0.1, 0.15) is 16.7 Å². The molecule has 0 fully saturated rings. The first kappa shape index (κ1) is 11.9. The molecule has 0 spiro atoms. The third-order valence-electron chi connectivity index (χ3n) is 3.44. The molecular formula is C16H16N2O. The van der Waals surface area contributed by atoms with Crippen molar-refractivity contribution in [3.8, 4) is 11.5 Å². The lowest BCUT2D eigenvalue weighted by Gasteiger charge is -2.01. The summed E-state index contributed by atoms with van der Waals surface area (Å²) in [5.74, 6) is 0.660. The minimum absolute atomic E-state index is 0.516. The van der Waals surface area contributed by atoms with Crippen LogP contribution in [0.2, 0.25) is 0 Å². The number of aryl methyl sites for hydroxylation is 2. The number of aromatic nitrogens is 1.